The van der Waals surface area contributed by atoms with Gasteiger partial charge in [-0.15, -0.1) is 24.0 Å². The Morgan fingerprint density at radius 1 is 1.33 bits per heavy atom. The van der Waals surface area contributed by atoms with Gasteiger partial charge in [-0.3, -0.25) is 9.89 Å². The van der Waals surface area contributed by atoms with Gasteiger partial charge in [0.25, 0.3) is 0 Å². The van der Waals surface area contributed by atoms with Crippen molar-refractivity contribution in [3.05, 3.63) is 35.1 Å². The van der Waals surface area contributed by atoms with Gasteiger partial charge in [-0.1, -0.05) is 18.6 Å². The van der Waals surface area contributed by atoms with Crippen LogP contribution in [-0.4, -0.2) is 43.6 Å². The van der Waals surface area contributed by atoms with Gasteiger partial charge in [-0.05, 0) is 50.4 Å². The maximum atomic E-state index is 13.3. The highest BCUT2D eigenvalue weighted by Crippen LogP contribution is 2.15. The summed E-state index contributed by atoms with van der Waals surface area (Å²) in [5, 5.41) is 6.64. The molecule has 0 saturated carbocycles. The van der Waals surface area contributed by atoms with Crippen LogP contribution in [0.5, 0.6) is 0 Å². The van der Waals surface area contributed by atoms with Crippen LogP contribution in [0.1, 0.15) is 37.3 Å². The number of hydrogen-bond donors (Lipinski definition) is 2. The third kappa shape index (κ3) is 6.55. The largest absolute Gasteiger partial charge is 0.355 e. The van der Waals surface area contributed by atoms with E-state index in [0.29, 0.717) is 18.2 Å². The smallest absolute Gasteiger partial charge is 0.191 e. The number of nitrogens with zero attached hydrogens (tertiary/aromatic N) is 2. The minimum Gasteiger partial charge on any atom is -0.355 e. The van der Waals surface area contributed by atoms with Gasteiger partial charge < -0.3 is 10.6 Å². The Bertz CT molecular complexity index is 536. The molecule has 1 aliphatic rings. The van der Waals surface area contributed by atoms with Crippen LogP contribution in [0.15, 0.2) is 23.2 Å². The lowest BCUT2D eigenvalue weighted by Crippen LogP contribution is -2.45. The molecule has 0 radical (unpaired) electrons. The minimum atomic E-state index is -0.160. The predicted octanol–water partition coefficient (Wildman–Crippen LogP) is 3.29. The number of aliphatic imine (C=N–C) groups is 1. The lowest BCUT2D eigenvalue weighted by molar-refractivity contribution is 0.163. The van der Waals surface area contributed by atoms with Crippen molar-refractivity contribution in [2.24, 2.45) is 4.99 Å². The van der Waals surface area contributed by atoms with Gasteiger partial charge in [0.15, 0.2) is 5.96 Å². The topological polar surface area (TPSA) is 39.7 Å². The van der Waals surface area contributed by atoms with Gasteiger partial charge in [0.05, 0.1) is 0 Å². The number of likely N-dealkylation sites (tertiary alicyclic amines) is 1. The highest BCUT2D eigenvalue weighted by atomic mass is 127. The van der Waals surface area contributed by atoms with E-state index in [1.165, 1.54) is 31.9 Å². The molecule has 2 rings (SSSR count). The number of hydrogen-bond acceptors (Lipinski definition) is 2. The average Bonchev–Trinajstić information content (AvgIpc) is 2.55. The second kappa shape index (κ2) is 10.9. The summed E-state index contributed by atoms with van der Waals surface area (Å²) in [5.41, 5.74) is 1.72. The zero-order valence-corrected chi connectivity index (χ0v) is 17.3. The minimum absolute atomic E-state index is 0. The van der Waals surface area contributed by atoms with E-state index >= 15 is 0 Å². The van der Waals surface area contributed by atoms with Crippen LogP contribution < -0.4 is 10.6 Å². The summed E-state index contributed by atoms with van der Waals surface area (Å²) in [4.78, 5) is 6.78. The molecule has 1 unspecified atom stereocenters. The number of nitrogens with one attached hydrogen (secondary N) is 2. The molecular weight excluding hydrogens is 418 g/mol. The molecule has 0 amide bonds. The van der Waals surface area contributed by atoms with Gasteiger partial charge in [0.2, 0.25) is 0 Å². The van der Waals surface area contributed by atoms with Crippen LogP contribution in [0.2, 0.25) is 0 Å². The van der Waals surface area contributed by atoms with Crippen LogP contribution in [0, 0.1) is 12.7 Å². The summed E-state index contributed by atoms with van der Waals surface area (Å²) in [5.74, 6) is 0.628. The molecule has 0 spiro atoms. The Morgan fingerprint density at radius 3 is 2.79 bits per heavy atom. The van der Waals surface area contributed by atoms with E-state index in [2.05, 4.69) is 27.4 Å². The Labute approximate surface area is 162 Å². The van der Waals surface area contributed by atoms with E-state index in [0.717, 1.165) is 24.6 Å². The number of piperidine rings is 1. The molecule has 1 aromatic carbocycles. The molecule has 4 nitrogen and oxygen atoms in total. The van der Waals surface area contributed by atoms with Crippen molar-refractivity contribution in [1.29, 1.82) is 0 Å². The molecule has 24 heavy (non-hydrogen) atoms. The van der Waals surface area contributed by atoms with Gasteiger partial charge in [-0.25, -0.2) is 4.39 Å². The number of benzene rings is 1. The zero-order valence-electron chi connectivity index (χ0n) is 14.9. The number of halogens is 2. The van der Waals surface area contributed by atoms with Gasteiger partial charge in [0.1, 0.15) is 5.82 Å². The normalized spacial score (nSPS) is 18.8. The molecule has 0 bridgehead atoms. The molecular formula is C18H30FIN4. The summed E-state index contributed by atoms with van der Waals surface area (Å²) in [6.07, 6.45) is 3.96. The fourth-order valence-corrected chi connectivity index (χ4v) is 3.03. The summed E-state index contributed by atoms with van der Waals surface area (Å²) >= 11 is 0. The standard InChI is InChI=1S/C18H29FN4.HI/c1-14-12-16(7-8-17(14)19)13-22-18(20-3)21-9-11-23-10-5-4-6-15(23)2;/h7-8,12,15H,4-6,9-11,13H2,1-3H3,(H2,20,21,22);1H. The maximum Gasteiger partial charge on any atom is 0.191 e. The molecule has 2 N–H and O–H groups in total. The Hall–Kier alpha value is -0.890. The van der Waals surface area contributed by atoms with E-state index in [-0.39, 0.29) is 29.8 Å². The average molecular weight is 448 g/mol. The van der Waals surface area contributed by atoms with Crippen molar-refractivity contribution in [3.63, 3.8) is 0 Å². The van der Waals surface area contributed by atoms with Crippen LogP contribution in [0.4, 0.5) is 4.39 Å². The Kier molecular flexibility index (Phi) is 9.58. The van der Waals surface area contributed by atoms with Crippen molar-refractivity contribution in [2.75, 3.05) is 26.7 Å². The van der Waals surface area contributed by atoms with Crippen molar-refractivity contribution in [1.82, 2.24) is 15.5 Å². The zero-order chi connectivity index (χ0) is 16.7. The van der Waals surface area contributed by atoms with E-state index < -0.39 is 0 Å². The first-order valence-electron chi connectivity index (χ1n) is 8.53. The summed E-state index contributed by atoms with van der Waals surface area (Å²) in [6.45, 7) is 7.85. The Morgan fingerprint density at radius 2 is 2.12 bits per heavy atom. The first-order valence-corrected chi connectivity index (χ1v) is 8.53. The van der Waals surface area contributed by atoms with Crippen LogP contribution in [0.3, 0.4) is 0 Å². The van der Waals surface area contributed by atoms with Gasteiger partial charge >= 0.3 is 0 Å². The second-order valence-corrected chi connectivity index (χ2v) is 6.32. The number of guanidine groups is 1. The molecule has 6 heteroatoms. The third-order valence-corrected chi connectivity index (χ3v) is 4.54. The maximum absolute atomic E-state index is 13.3. The molecule has 136 valence electrons. The lowest BCUT2D eigenvalue weighted by Gasteiger charge is -2.33. The van der Waals surface area contributed by atoms with Crippen molar-refractivity contribution >= 4 is 29.9 Å². The van der Waals surface area contributed by atoms with E-state index in [4.69, 9.17) is 0 Å². The number of rotatable bonds is 5. The quantitative estimate of drug-likeness (QED) is 0.413. The summed E-state index contributed by atoms with van der Waals surface area (Å²) in [6, 6.07) is 5.87. The fraction of sp³-hybridized carbons (Fsp3) is 0.611. The first kappa shape index (κ1) is 21.2. The predicted molar refractivity (Wildman–Crippen MR) is 110 cm³/mol. The molecule has 1 fully saturated rings. The van der Waals surface area contributed by atoms with Crippen LogP contribution in [-0.2, 0) is 6.54 Å². The van der Waals surface area contributed by atoms with Crippen LogP contribution >= 0.6 is 24.0 Å². The van der Waals surface area contributed by atoms with E-state index in [1.807, 2.05) is 6.07 Å². The first-order chi connectivity index (χ1) is 11.1. The summed E-state index contributed by atoms with van der Waals surface area (Å²) in [7, 11) is 1.77. The molecule has 1 aromatic rings. The molecule has 1 heterocycles. The Balaban J connectivity index is 0.00000288. The van der Waals surface area contributed by atoms with Crippen molar-refractivity contribution in [2.45, 2.75) is 45.7 Å². The highest BCUT2D eigenvalue weighted by Gasteiger charge is 2.17. The van der Waals surface area contributed by atoms with E-state index in [9.17, 15) is 4.39 Å². The fourth-order valence-electron chi connectivity index (χ4n) is 3.03. The monoisotopic (exact) mass is 448 g/mol. The van der Waals surface area contributed by atoms with Gasteiger partial charge in [0, 0.05) is 32.7 Å². The molecule has 1 atom stereocenters. The van der Waals surface area contributed by atoms with Crippen LogP contribution in [0.25, 0.3) is 0 Å². The summed E-state index contributed by atoms with van der Waals surface area (Å²) < 4.78 is 13.3. The molecule has 0 aliphatic carbocycles. The number of aryl methyl sites for hydroxylation is 1. The van der Waals surface area contributed by atoms with Crippen molar-refractivity contribution < 1.29 is 4.39 Å². The van der Waals surface area contributed by atoms with E-state index in [1.54, 1.807) is 20.0 Å². The highest BCUT2D eigenvalue weighted by molar-refractivity contribution is 14.0. The molecule has 1 saturated heterocycles. The van der Waals surface area contributed by atoms with Crippen molar-refractivity contribution in [3.8, 4) is 0 Å². The lowest BCUT2D eigenvalue weighted by atomic mass is 10.0. The molecule has 0 aromatic heterocycles. The van der Waals surface area contributed by atoms with Gasteiger partial charge in [-0.2, -0.15) is 0 Å². The third-order valence-electron chi connectivity index (χ3n) is 4.54. The SMILES string of the molecule is CN=C(NCCN1CCCCC1C)NCc1ccc(F)c(C)c1.I. The molecule has 1 aliphatic heterocycles. The second-order valence-electron chi connectivity index (χ2n) is 6.32.